The van der Waals surface area contributed by atoms with Crippen LogP contribution in [0.4, 0.5) is 13.2 Å². The molecule has 0 fully saturated rings. The summed E-state index contributed by atoms with van der Waals surface area (Å²) in [6.07, 6.45) is 5.54. The number of aliphatic carboxylic acids is 1. The lowest BCUT2D eigenvalue weighted by atomic mass is 9.82. The average Bonchev–Trinajstić information content (AvgIpc) is 2.80. The maximum absolute atomic E-state index is 15.5. The Labute approximate surface area is 222 Å². The Bertz CT molecular complexity index is 1220. The van der Waals surface area contributed by atoms with E-state index in [9.17, 15) is 9.18 Å². The van der Waals surface area contributed by atoms with Crippen molar-refractivity contribution in [2.75, 3.05) is 13.1 Å². The molecule has 5 nitrogen and oxygen atoms in total. The summed E-state index contributed by atoms with van der Waals surface area (Å²) in [4.78, 5) is 12.6. The monoisotopic (exact) mass is 527 g/mol. The van der Waals surface area contributed by atoms with Gasteiger partial charge in [-0.3, -0.25) is 4.90 Å². The molecule has 0 aliphatic carbocycles. The Morgan fingerprint density at radius 3 is 2.45 bits per heavy atom. The topological polar surface area (TPSA) is 76.4 Å². The second-order valence-electron chi connectivity index (χ2n) is 10.9. The average molecular weight is 528 g/mol. The fraction of sp³-hybridized carbons (Fsp3) is 0.400. The van der Waals surface area contributed by atoms with Gasteiger partial charge < -0.3 is 15.8 Å². The van der Waals surface area contributed by atoms with Crippen molar-refractivity contribution in [1.82, 2.24) is 10.2 Å². The standard InChI is InChI=1S/C30H36F3N3O2/c1-18(2)15-35-16-23(14-34)21-7-8-24-22(13-21)10-19(3)36(17-30(4,5)33)29(24)28-25(31)11-20(12-26(28)32)6-9-27(37)38/h6-9,11-14,16,18-19,29,34-35H,10,15,17H2,1-5H3,(H,37,38)/b9-6+,23-16+,34-14?. The van der Waals surface area contributed by atoms with Gasteiger partial charge in [-0.05, 0) is 73.6 Å². The molecule has 2 aromatic rings. The van der Waals surface area contributed by atoms with Gasteiger partial charge in [0.1, 0.15) is 17.3 Å². The minimum absolute atomic E-state index is 0.0374. The Morgan fingerprint density at radius 2 is 1.89 bits per heavy atom. The van der Waals surface area contributed by atoms with E-state index in [0.29, 0.717) is 23.5 Å². The van der Waals surface area contributed by atoms with E-state index < -0.39 is 29.3 Å². The number of allylic oxidation sites excluding steroid dienone is 1. The molecule has 0 radical (unpaired) electrons. The van der Waals surface area contributed by atoms with Crippen LogP contribution in [0.15, 0.2) is 42.6 Å². The van der Waals surface area contributed by atoms with Gasteiger partial charge in [0.05, 0.1) is 6.04 Å². The highest BCUT2D eigenvalue weighted by molar-refractivity contribution is 6.08. The van der Waals surface area contributed by atoms with Crippen LogP contribution in [0.25, 0.3) is 11.6 Å². The van der Waals surface area contributed by atoms with Gasteiger partial charge in [0.15, 0.2) is 0 Å². The maximum atomic E-state index is 15.5. The van der Waals surface area contributed by atoms with Gasteiger partial charge in [-0.1, -0.05) is 32.0 Å². The van der Waals surface area contributed by atoms with E-state index in [2.05, 4.69) is 19.2 Å². The third kappa shape index (κ3) is 7.13. The first-order valence-corrected chi connectivity index (χ1v) is 12.7. The van der Waals surface area contributed by atoms with Crippen molar-refractivity contribution in [3.05, 3.63) is 82.1 Å². The lowest BCUT2D eigenvalue weighted by molar-refractivity contribution is -0.131. The minimum Gasteiger partial charge on any atom is -0.478 e. The number of nitrogens with one attached hydrogen (secondary N) is 2. The first-order chi connectivity index (χ1) is 17.8. The number of fused-ring (bicyclic) bond motifs is 1. The molecular weight excluding hydrogens is 491 g/mol. The zero-order valence-corrected chi connectivity index (χ0v) is 22.5. The summed E-state index contributed by atoms with van der Waals surface area (Å²) >= 11 is 0. The van der Waals surface area contributed by atoms with Crippen molar-refractivity contribution in [2.45, 2.75) is 58.8 Å². The van der Waals surface area contributed by atoms with Gasteiger partial charge in [-0.15, -0.1) is 0 Å². The van der Waals surface area contributed by atoms with Crippen molar-refractivity contribution in [3.63, 3.8) is 0 Å². The number of halogens is 3. The second kappa shape index (κ2) is 12.0. The molecule has 2 atom stereocenters. The summed E-state index contributed by atoms with van der Waals surface area (Å²) in [5.74, 6) is -2.45. The highest BCUT2D eigenvalue weighted by Crippen LogP contribution is 2.42. The summed E-state index contributed by atoms with van der Waals surface area (Å²) in [5, 5.41) is 20.0. The molecule has 0 saturated heterocycles. The van der Waals surface area contributed by atoms with E-state index in [1.54, 1.807) is 17.2 Å². The number of alkyl halides is 1. The molecule has 204 valence electrons. The van der Waals surface area contributed by atoms with Crippen LogP contribution in [0.2, 0.25) is 0 Å². The number of carboxylic acid groups (broad SMARTS) is 1. The SMILES string of the molecule is CC(C)CN/C=C(\C=N)c1ccc2c(c1)CC(C)N(CC(C)(C)F)C2c1c(F)cc(/C=C/C(=O)O)cc1F. The normalized spacial score (nSPS) is 18.6. The fourth-order valence-corrected chi connectivity index (χ4v) is 4.84. The first kappa shape index (κ1) is 29.2. The van der Waals surface area contributed by atoms with Crippen molar-refractivity contribution in [2.24, 2.45) is 5.92 Å². The van der Waals surface area contributed by atoms with E-state index in [4.69, 9.17) is 10.5 Å². The number of nitrogens with zero attached hydrogens (tertiary/aromatic N) is 1. The molecule has 3 rings (SSSR count). The molecule has 3 N–H and O–H groups in total. The fourth-order valence-electron chi connectivity index (χ4n) is 4.84. The molecule has 0 aromatic heterocycles. The van der Waals surface area contributed by atoms with Gasteiger partial charge in [0.2, 0.25) is 0 Å². The van der Waals surface area contributed by atoms with Gasteiger partial charge in [-0.25, -0.2) is 18.0 Å². The van der Waals surface area contributed by atoms with Crippen molar-refractivity contribution >= 4 is 23.8 Å². The van der Waals surface area contributed by atoms with Gasteiger partial charge >= 0.3 is 5.97 Å². The molecular formula is C30H36F3N3O2. The van der Waals surface area contributed by atoms with Crippen LogP contribution in [-0.2, 0) is 11.2 Å². The molecule has 8 heteroatoms. The molecule has 1 aliphatic rings. The summed E-state index contributed by atoms with van der Waals surface area (Å²) < 4.78 is 46.0. The summed E-state index contributed by atoms with van der Waals surface area (Å²) in [5.41, 5.74) is 1.29. The highest BCUT2D eigenvalue weighted by Gasteiger charge is 2.39. The number of carbonyl (C=O) groups is 1. The molecule has 2 unspecified atom stereocenters. The Hall–Kier alpha value is -3.39. The molecule has 2 aromatic carbocycles. The molecule has 0 amide bonds. The van der Waals surface area contributed by atoms with E-state index in [1.807, 2.05) is 19.1 Å². The van der Waals surface area contributed by atoms with Crippen LogP contribution in [0, 0.1) is 23.0 Å². The van der Waals surface area contributed by atoms with Crippen LogP contribution >= 0.6 is 0 Å². The molecule has 1 heterocycles. The quantitative estimate of drug-likeness (QED) is 0.247. The van der Waals surface area contributed by atoms with Gasteiger partial charge in [0, 0.05) is 48.8 Å². The van der Waals surface area contributed by atoms with Crippen LogP contribution in [0.3, 0.4) is 0 Å². The smallest absolute Gasteiger partial charge is 0.328 e. The third-order valence-corrected chi connectivity index (χ3v) is 6.47. The molecule has 0 saturated carbocycles. The molecule has 0 spiro atoms. The second-order valence-corrected chi connectivity index (χ2v) is 10.9. The zero-order chi connectivity index (χ0) is 28.2. The van der Waals surface area contributed by atoms with Crippen molar-refractivity contribution in [3.8, 4) is 0 Å². The van der Waals surface area contributed by atoms with Crippen LogP contribution in [-0.4, -0.2) is 47.0 Å². The van der Waals surface area contributed by atoms with E-state index in [-0.39, 0.29) is 23.7 Å². The highest BCUT2D eigenvalue weighted by atomic mass is 19.1. The van der Waals surface area contributed by atoms with E-state index in [1.165, 1.54) is 20.1 Å². The van der Waals surface area contributed by atoms with Crippen molar-refractivity contribution in [1.29, 1.82) is 5.41 Å². The minimum atomic E-state index is -1.61. The maximum Gasteiger partial charge on any atom is 0.328 e. The number of carboxylic acids is 1. The number of hydrogen-bond acceptors (Lipinski definition) is 4. The predicted octanol–water partition coefficient (Wildman–Crippen LogP) is 6.38. The Kier molecular flexibility index (Phi) is 9.20. The number of rotatable bonds is 10. The molecule has 1 aliphatic heterocycles. The zero-order valence-electron chi connectivity index (χ0n) is 22.5. The van der Waals surface area contributed by atoms with E-state index >= 15 is 8.78 Å². The lowest BCUT2D eigenvalue weighted by Gasteiger charge is -2.44. The third-order valence-electron chi connectivity index (χ3n) is 6.47. The van der Waals surface area contributed by atoms with Crippen LogP contribution < -0.4 is 5.32 Å². The van der Waals surface area contributed by atoms with Gasteiger partial charge in [0.25, 0.3) is 0 Å². The van der Waals surface area contributed by atoms with Gasteiger partial charge in [-0.2, -0.15) is 0 Å². The largest absolute Gasteiger partial charge is 0.478 e. The molecule has 0 bridgehead atoms. The molecule has 38 heavy (non-hydrogen) atoms. The van der Waals surface area contributed by atoms with E-state index in [0.717, 1.165) is 42.0 Å². The van der Waals surface area contributed by atoms with Crippen LogP contribution in [0.1, 0.15) is 68.5 Å². The predicted molar refractivity (Wildman–Crippen MR) is 146 cm³/mol. The number of benzene rings is 2. The first-order valence-electron chi connectivity index (χ1n) is 12.7. The Balaban J connectivity index is 2.14. The summed E-state index contributed by atoms with van der Waals surface area (Å²) in [6, 6.07) is 6.63. The summed E-state index contributed by atoms with van der Waals surface area (Å²) in [7, 11) is 0. The lowest BCUT2D eigenvalue weighted by Crippen LogP contribution is -2.48. The summed E-state index contributed by atoms with van der Waals surface area (Å²) in [6.45, 7) is 9.67. The Morgan fingerprint density at radius 1 is 1.24 bits per heavy atom. The van der Waals surface area contributed by atoms with Crippen LogP contribution in [0.5, 0.6) is 0 Å². The van der Waals surface area contributed by atoms with Crippen molar-refractivity contribution < 1.29 is 23.1 Å². The number of hydrogen-bond donors (Lipinski definition) is 3.